The monoisotopic (exact) mass is 362 g/mol. The summed E-state index contributed by atoms with van der Waals surface area (Å²) in [6.07, 6.45) is 1.62. The molecule has 0 aliphatic heterocycles. The number of nitrogens with zero attached hydrogens (tertiary/aromatic N) is 1. The first-order valence-electron chi connectivity index (χ1n) is 7.01. The predicted octanol–water partition coefficient (Wildman–Crippen LogP) is 4.43. The number of carbonyl (C=O) groups excluding carboxylic acids is 1. The molecule has 0 aliphatic carbocycles. The Morgan fingerprint density at radius 1 is 1.18 bits per heavy atom. The van der Waals surface area contributed by atoms with Crippen molar-refractivity contribution in [1.82, 2.24) is 10.3 Å². The van der Waals surface area contributed by atoms with Crippen LogP contribution in [0.15, 0.2) is 41.0 Å². The van der Waals surface area contributed by atoms with Gasteiger partial charge in [0.25, 0.3) is 0 Å². The Balaban J connectivity index is 1.99. The molecule has 2 rings (SSSR count). The van der Waals surface area contributed by atoms with Crippen molar-refractivity contribution in [3.05, 3.63) is 46.6 Å². The van der Waals surface area contributed by atoms with E-state index in [1.54, 1.807) is 12.3 Å². The summed E-state index contributed by atoms with van der Waals surface area (Å²) in [6.45, 7) is 5.85. The molecular weight excluding hydrogens is 344 g/mol. The van der Waals surface area contributed by atoms with Crippen LogP contribution in [-0.2, 0) is 0 Å². The Kier molecular flexibility index (Phi) is 5.38. The van der Waals surface area contributed by atoms with Gasteiger partial charge in [-0.1, -0.05) is 22.0 Å². The minimum Gasteiger partial charge on any atom is -0.340 e. The highest BCUT2D eigenvalue weighted by Crippen LogP contribution is 2.23. The molecule has 22 heavy (non-hydrogen) atoms. The molecule has 0 unspecified atom stereocenters. The molecule has 2 aromatic rings. The zero-order valence-corrected chi connectivity index (χ0v) is 14.4. The fourth-order valence-corrected chi connectivity index (χ4v) is 2.17. The zero-order valence-electron chi connectivity index (χ0n) is 12.8. The second-order valence-corrected chi connectivity index (χ2v) is 6.13. The second-order valence-electron chi connectivity index (χ2n) is 5.27. The number of aryl methyl sites for hydroxylation is 1. The number of aromatic nitrogens is 1. The Labute approximate surface area is 138 Å². The number of hydrogen-bond acceptors (Lipinski definition) is 3. The molecule has 0 spiro atoms. The number of pyridine rings is 1. The van der Waals surface area contributed by atoms with Crippen LogP contribution < -0.4 is 16.0 Å². The third-order valence-corrected chi connectivity index (χ3v) is 3.74. The van der Waals surface area contributed by atoms with E-state index in [0.717, 1.165) is 10.2 Å². The van der Waals surface area contributed by atoms with Gasteiger partial charge in [-0.15, -0.1) is 0 Å². The Bertz CT molecular complexity index is 656. The number of nitrogens with one attached hydrogen (secondary N) is 3. The number of amides is 2. The van der Waals surface area contributed by atoms with Crippen molar-refractivity contribution in [2.75, 3.05) is 10.6 Å². The fraction of sp³-hybridized carbons (Fsp3) is 0.250. The number of anilines is 3. The van der Waals surface area contributed by atoms with E-state index in [1.807, 2.05) is 45.0 Å². The van der Waals surface area contributed by atoms with Crippen molar-refractivity contribution in [3.8, 4) is 0 Å². The highest BCUT2D eigenvalue weighted by atomic mass is 79.9. The topological polar surface area (TPSA) is 66.0 Å². The predicted molar refractivity (Wildman–Crippen MR) is 93.7 cm³/mol. The summed E-state index contributed by atoms with van der Waals surface area (Å²) in [7, 11) is 0. The van der Waals surface area contributed by atoms with Crippen LogP contribution in [0.3, 0.4) is 0 Å². The number of benzene rings is 1. The molecular formula is C16H19BrN4O. The van der Waals surface area contributed by atoms with E-state index < -0.39 is 0 Å². The summed E-state index contributed by atoms with van der Waals surface area (Å²) in [6, 6.07) is 9.49. The Hall–Kier alpha value is -2.08. The second kappa shape index (κ2) is 7.26. The summed E-state index contributed by atoms with van der Waals surface area (Å²) in [5.41, 5.74) is 2.77. The summed E-state index contributed by atoms with van der Waals surface area (Å²) in [5, 5.41) is 8.71. The smallest absolute Gasteiger partial charge is 0.319 e. The van der Waals surface area contributed by atoms with Gasteiger partial charge in [0, 0.05) is 16.2 Å². The van der Waals surface area contributed by atoms with E-state index >= 15 is 0 Å². The quantitative estimate of drug-likeness (QED) is 0.753. The van der Waals surface area contributed by atoms with Gasteiger partial charge in [-0.05, 0) is 50.6 Å². The first kappa shape index (κ1) is 16.3. The van der Waals surface area contributed by atoms with E-state index in [-0.39, 0.29) is 12.1 Å². The van der Waals surface area contributed by atoms with Crippen molar-refractivity contribution >= 4 is 39.2 Å². The first-order chi connectivity index (χ1) is 10.4. The van der Waals surface area contributed by atoms with Crippen LogP contribution in [0.1, 0.15) is 19.4 Å². The first-order valence-corrected chi connectivity index (χ1v) is 7.80. The van der Waals surface area contributed by atoms with Crippen molar-refractivity contribution in [2.45, 2.75) is 26.8 Å². The average Bonchev–Trinajstić information content (AvgIpc) is 2.44. The average molecular weight is 363 g/mol. The molecule has 5 nitrogen and oxygen atoms in total. The fourth-order valence-electron chi connectivity index (χ4n) is 1.79. The van der Waals surface area contributed by atoms with Gasteiger partial charge in [0.1, 0.15) is 5.82 Å². The molecule has 3 N–H and O–H groups in total. The van der Waals surface area contributed by atoms with E-state index in [4.69, 9.17) is 0 Å². The highest BCUT2D eigenvalue weighted by molar-refractivity contribution is 9.10. The van der Waals surface area contributed by atoms with E-state index in [2.05, 4.69) is 36.9 Å². The largest absolute Gasteiger partial charge is 0.340 e. The Morgan fingerprint density at radius 3 is 2.50 bits per heavy atom. The number of rotatable bonds is 4. The molecule has 0 saturated heterocycles. The number of halogens is 1. The summed E-state index contributed by atoms with van der Waals surface area (Å²) in [5.74, 6) is 0.713. The van der Waals surface area contributed by atoms with Crippen LogP contribution in [-0.4, -0.2) is 17.1 Å². The molecule has 0 fully saturated rings. The lowest BCUT2D eigenvalue weighted by Gasteiger charge is -2.11. The third kappa shape index (κ3) is 4.73. The molecule has 2 amide bonds. The van der Waals surface area contributed by atoms with Gasteiger partial charge in [-0.3, -0.25) is 0 Å². The van der Waals surface area contributed by atoms with E-state index in [9.17, 15) is 4.79 Å². The maximum Gasteiger partial charge on any atom is 0.319 e. The molecule has 1 aromatic heterocycles. The van der Waals surface area contributed by atoms with Gasteiger partial charge in [0.2, 0.25) is 0 Å². The van der Waals surface area contributed by atoms with E-state index in [1.165, 1.54) is 5.56 Å². The molecule has 0 radical (unpaired) electrons. The number of urea groups is 1. The third-order valence-electron chi connectivity index (χ3n) is 2.89. The maximum atomic E-state index is 11.6. The standard InChI is InChI=1S/C16H19BrN4O/c1-10(2)19-16(22)21-13-6-7-15(18-9-13)20-12-5-4-11(3)14(17)8-12/h4-10H,1-3H3,(H,18,20)(H2,19,21,22). The SMILES string of the molecule is Cc1ccc(Nc2ccc(NC(=O)NC(C)C)cn2)cc1Br. The maximum absolute atomic E-state index is 11.6. The normalized spacial score (nSPS) is 10.4. The molecule has 1 aromatic carbocycles. The van der Waals surface area contributed by atoms with Crippen molar-refractivity contribution in [1.29, 1.82) is 0 Å². The van der Waals surface area contributed by atoms with E-state index in [0.29, 0.717) is 11.5 Å². The van der Waals surface area contributed by atoms with Crippen LogP contribution in [0.25, 0.3) is 0 Å². The van der Waals surface area contributed by atoms with Crippen LogP contribution in [0.2, 0.25) is 0 Å². The van der Waals surface area contributed by atoms with Gasteiger partial charge in [0.15, 0.2) is 0 Å². The molecule has 0 bridgehead atoms. The van der Waals surface area contributed by atoms with Gasteiger partial charge in [0.05, 0.1) is 11.9 Å². The van der Waals surface area contributed by atoms with Gasteiger partial charge < -0.3 is 16.0 Å². The lowest BCUT2D eigenvalue weighted by molar-refractivity contribution is 0.250. The minimum atomic E-state index is -0.236. The highest BCUT2D eigenvalue weighted by Gasteiger charge is 2.04. The van der Waals surface area contributed by atoms with Crippen molar-refractivity contribution in [3.63, 3.8) is 0 Å². The number of carbonyl (C=O) groups is 1. The molecule has 0 aliphatic rings. The van der Waals surface area contributed by atoms with Crippen molar-refractivity contribution in [2.24, 2.45) is 0 Å². The molecule has 116 valence electrons. The summed E-state index contributed by atoms with van der Waals surface area (Å²) >= 11 is 3.50. The van der Waals surface area contributed by atoms with Crippen LogP contribution in [0, 0.1) is 6.92 Å². The van der Waals surface area contributed by atoms with Crippen LogP contribution >= 0.6 is 15.9 Å². The zero-order chi connectivity index (χ0) is 16.1. The Morgan fingerprint density at radius 2 is 1.91 bits per heavy atom. The van der Waals surface area contributed by atoms with Gasteiger partial charge >= 0.3 is 6.03 Å². The number of hydrogen-bond donors (Lipinski definition) is 3. The van der Waals surface area contributed by atoms with Crippen LogP contribution in [0.5, 0.6) is 0 Å². The van der Waals surface area contributed by atoms with Crippen molar-refractivity contribution < 1.29 is 4.79 Å². The lowest BCUT2D eigenvalue weighted by Crippen LogP contribution is -2.34. The minimum absolute atomic E-state index is 0.0916. The molecule has 1 heterocycles. The molecule has 6 heteroatoms. The summed E-state index contributed by atoms with van der Waals surface area (Å²) < 4.78 is 1.04. The summed E-state index contributed by atoms with van der Waals surface area (Å²) in [4.78, 5) is 15.9. The van der Waals surface area contributed by atoms with Crippen LogP contribution in [0.4, 0.5) is 22.0 Å². The van der Waals surface area contributed by atoms with Gasteiger partial charge in [-0.2, -0.15) is 0 Å². The molecule has 0 atom stereocenters. The molecule has 0 saturated carbocycles. The lowest BCUT2D eigenvalue weighted by atomic mass is 10.2. The van der Waals surface area contributed by atoms with Gasteiger partial charge in [-0.25, -0.2) is 9.78 Å².